The number of rotatable bonds is 2. The minimum atomic E-state index is -0.205. The molecule has 4 rings (SSSR count). The Hall–Kier alpha value is -2.73. The molecule has 2 heterocycles. The average Bonchev–Trinajstić information content (AvgIpc) is 3.09. The van der Waals surface area contributed by atoms with Crippen molar-refractivity contribution in [3.63, 3.8) is 0 Å². The zero-order chi connectivity index (χ0) is 17.6. The van der Waals surface area contributed by atoms with E-state index in [1.807, 2.05) is 48.0 Å². The first-order chi connectivity index (χ1) is 12.0. The Bertz CT molecular complexity index is 1090. The number of nitrogens with zero attached hydrogens (tertiary/aromatic N) is 3. The van der Waals surface area contributed by atoms with Gasteiger partial charge in [-0.25, -0.2) is 0 Å². The molecule has 1 N–H and O–H groups in total. The summed E-state index contributed by atoms with van der Waals surface area (Å²) in [5.41, 5.74) is 4.27. The van der Waals surface area contributed by atoms with Gasteiger partial charge in [0.1, 0.15) is 0 Å². The van der Waals surface area contributed by atoms with Crippen LogP contribution in [0.3, 0.4) is 0 Å². The van der Waals surface area contributed by atoms with Crippen LogP contribution in [0.25, 0.3) is 10.2 Å². The lowest BCUT2D eigenvalue weighted by atomic mass is 9.99. The Labute approximate surface area is 149 Å². The molecule has 1 aromatic heterocycles. The molecule has 1 amide bonds. The number of thiazole rings is 1. The third-order valence-electron chi connectivity index (χ3n) is 4.38. The number of para-hydroxylation sites is 1. The van der Waals surface area contributed by atoms with Crippen LogP contribution in [0.15, 0.2) is 52.7 Å². The van der Waals surface area contributed by atoms with E-state index in [0.717, 1.165) is 26.3 Å². The van der Waals surface area contributed by atoms with Gasteiger partial charge < -0.3 is 9.88 Å². The molecule has 0 atom stereocenters. The predicted octanol–water partition coefficient (Wildman–Crippen LogP) is 3.62. The first kappa shape index (κ1) is 15.8. The highest BCUT2D eigenvalue weighted by molar-refractivity contribution is 7.16. The van der Waals surface area contributed by atoms with E-state index in [1.54, 1.807) is 11.3 Å². The SMILES string of the molecule is CC(C)c1ccc2c(c1)/C(=N/N=c1sc3ccccc3n1C)C(=O)N2. The second-order valence-corrected chi connectivity index (χ2v) is 7.38. The average molecular weight is 350 g/mol. The number of fused-ring (bicyclic) bond motifs is 2. The van der Waals surface area contributed by atoms with Gasteiger partial charge in [0.25, 0.3) is 5.91 Å². The summed E-state index contributed by atoms with van der Waals surface area (Å²) < 4.78 is 3.13. The number of anilines is 1. The summed E-state index contributed by atoms with van der Waals surface area (Å²) in [5, 5.41) is 11.5. The lowest BCUT2D eigenvalue weighted by Crippen LogP contribution is -2.15. The van der Waals surface area contributed by atoms with Gasteiger partial charge >= 0.3 is 0 Å². The summed E-state index contributed by atoms with van der Waals surface area (Å²) in [5.74, 6) is 0.183. The van der Waals surface area contributed by atoms with E-state index in [4.69, 9.17) is 0 Å². The Kier molecular flexibility index (Phi) is 3.77. The van der Waals surface area contributed by atoms with Gasteiger partial charge in [0.2, 0.25) is 4.80 Å². The molecule has 3 aromatic rings. The highest BCUT2D eigenvalue weighted by atomic mass is 32.1. The van der Waals surface area contributed by atoms with Crippen molar-refractivity contribution in [2.24, 2.45) is 17.3 Å². The van der Waals surface area contributed by atoms with Crippen LogP contribution in [0.4, 0.5) is 5.69 Å². The maximum atomic E-state index is 12.3. The second kappa shape index (κ2) is 5.97. The van der Waals surface area contributed by atoms with E-state index in [1.165, 1.54) is 5.56 Å². The number of hydrogen-bond donors (Lipinski definition) is 1. The van der Waals surface area contributed by atoms with Crippen LogP contribution < -0.4 is 10.1 Å². The number of carbonyl (C=O) groups is 1. The van der Waals surface area contributed by atoms with Gasteiger partial charge in [-0.3, -0.25) is 4.79 Å². The number of benzene rings is 2. The van der Waals surface area contributed by atoms with Crippen molar-refractivity contribution in [2.75, 3.05) is 5.32 Å². The van der Waals surface area contributed by atoms with Crippen LogP contribution in [-0.2, 0) is 11.8 Å². The van der Waals surface area contributed by atoms with Gasteiger partial charge in [0.05, 0.1) is 15.9 Å². The molecule has 0 saturated heterocycles. The van der Waals surface area contributed by atoms with Crippen molar-refractivity contribution in [3.05, 3.63) is 58.4 Å². The zero-order valence-electron chi connectivity index (χ0n) is 14.3. The number of amides is 1. The molecule has 0 unspecified atom stereocenters. The maximum absolute atomic E-state index is 12.3. The molecular formula is C19H18N4OS. The summed E-state index contributed by atoms with van der Waals surface area (Å²) in [6.07, 6.45) is 0. The van der Waals surface area contributed by atoms with Crippen molar-refractivity contribution < 1.29 is 4.79 Å². The van der Waals surface area contributed by atoms with Crippen molar-refractivity contribution in [2.45, 2.75) is 19.8 Å². The molecule has 6 heteroatoms. The fraction of sp³-hybridized carbons (Fsp3) is 0.211. The largest absolute Gasteiger partial charge is 0.320 e. The van der Waals surface area contributed by atoms with Gasteiger partial charge in [-0.2, -0.15) is 0 Å². The van der Waals surface area contributed by atoms with Crippen LogP contribution in [0, 0.1) is 0 Å². The van der Waals surface area contributed by atoms with E-state index >= 15 is 0 Å². The van der Waals surface area contributed by atoms with Gasteiger partial charge in [-0.1, -0.05) is 43.4 Å². The Morgan fingerprint density at radius 2 is 1.92 bits per heavy atom. The molecule has 2 aromatic carbocycles. The number of aryl methyl sites for hydroxylation is 1. The summed E-state index contributed by atoms with van der Waals surface area (Å²) in [4.78, 5) is 13.0. The molecule has 0 aliphatic carbocycles. The molecule has 0 bridgehead atoms. The molecule has 1 aliphatic heterocycles. The molecule has 0 saturated carbocycles. The third kappa shape index (κ3) is 2.68. The topological polar surface area (TPSA) is 58.8 Å². The summed E-state index contributed by atoms with van der Waals surface area (Å²) >= 11 is 1.56. The lowest BCUT2D eigenvalue weighted by Gasteiger charge is -2.06. The lowest BCUT2D eigenvalue weighted by molar-refractivity contribution is -0.110. The fourth-order valence-electron chi connectivity index (χ4n) is 2.90. The molecule has 126 valence electrons. The van der Waals surface area contributed by atoms with E-state index in [-0.39, 0.29) is 5.91 Å². The Morgan fingerprint density at radius 3 is 2.68 bits per heavy atom. The summed E-state index contributed by atoms with van der Waals surface area (Å²) in [6.45, 7) is 4.26. The van der Waals surface area contributed by atoms with Crippen LogP contribution in [0.1, 0.15) is 30.9 Å². The summed E-state index contributed by atoms with van der Waals surface area (Å²) in [6, 6.07) is 14.1. The molecule has 0 radical (unpaired) electrons. The smallest absolute Gasteiger partial charge is 0.276 e. The predicted molar refractivity (Wildman–Crippen MR) is 102 cm³/mol. The van der Waals surface area contributed by atoms with Gasteiger partial charge in [0.15, 0.2) is 5.71 Å². The van der Waals surface area contributed by atoms with Crippen LogP contribution in [0.2, 0.25) is 0 Å². The van der Waals surface area contributed by atoms with Crippen molar-refractivity contribution in [3.8, 4) is 0 Å². The van der Waals surface area contributed by atoms with E-state index in [0.29, 0.717) is 11.6 Å². The number of aromatic nitrogens is 1. The number of hydrogen-bond acceptors (Lipinski definition) is 4. The van der Waals surface area contributed by atoms with E-state index < -0.39 is 0 Å². The third-order valence-corrected chi connectivity index (χ3v) is 5.48. The quantitative estimate of drug-likeness (QED) is 0.705. The standard InChI is InChI=1S/C19H18N4OS/c1-11(2)12-8-9-14-13(10-12)17(18(24)20-14)21-22-19-23(3)15-6-4-5-7-16(15)25-19/h4-11H,1-3H3,(H,20,21,24). The number of nitrogens with one attached hydrogen (secondary N) is 1. The highest BCUT2D eigenvalue weighted by Crippen LogP contribution is 2.27. The first-order valence-electron chi connectivity index (χ1n) is 8.16. The van der Waals surface area contributed by atoms with Crippen LogP contribution in [-0.4, -0.2) is 16.2 Å². The number of carbonyl (C=O) groups excluding carboxylic acids is 1. The zero-order valence-corrected chi connectivity index (χ0v) is 15.1. The minimum absolute atomic E-state index is 0.205. The Morgan fingerprint density at radius 1 is 1.12 bits per heavy atom. The molecular weight excluding hydrogens is 332 g/mol. The van der Waals surface area contributed by atoms with Gasteiger partial charge in [-0.05, 0) is 35.7 Å². The van der Waals surface area contributed by atoms with Crippen LogP contribution in [0.5, 0.6) is 0 Å². The van der Waals surface area contributed by atoms with Crippen molar-refractivity contribution >= 4 is 38.9 Å². The monoisotopic (exact) mass is 350 g/mol. The van der Waals surface area contributed by atoms with E-state index in [2.05, 4.69) is 35.4 Å². The minimum Gasteiger partial charge on any atom is -0.320 e. The summed E-state index contributed by atoms with van der Waals surface area (Å²) in [7, 11) is 1.96. The van der Waals surface area contributed by atoms with Crippen LogP contribution >= 0.6 is 11.3 Å². The second-order valence-electron chi connectivity index (χ2n) is 6.37. The molecule has 25 heavy (non-hydrogen) atoms. The van der Waals surface area contributed by atoms with E-state index in [9.17, 15) is 4.79 Å². The molecule has 0 fully saturated rings. The molecule has 0 spiro atoms. The molecule has 1 aliphatic rings. The van der Waals surface area contributed by atoms with Gasteiger partial charge in [-0.15, -0.1) is 10.2 Å². The fourth-order valence-corrected chi connectivity index (χ4v) is 3.87. The van der Waals surface area contributed by atoms with Crippen molar-refractivity contribution in [1.29, 1.82) is 0 Å². The normalized spacial score (nSPS) is 16.1. The molecule has 5 nitrogen and oxygen atoms in total. The maximum Gasteiger partial charge on any atom is 0.276 e. The highest BCUT2D eigenvalue weighted by Gasteiger charge is 2.26. The Balaban J connectivity index is 1.83. The first-order valence-corrected chi connectivity index (χ1v) is 8.98. The van der Waals surface area contributed by atoms with Gasteiger partial charge in [0, 0.05) is 12.6 Å². The van der Waals surface area contributed by atoms with Crippen molar-refractivity contribution in [1.82, 2.24) is 4.57 Å².